The molecule has 5 nitrogen and oxygen atoms in total. The molecule has 2 amide bonds. The lowest BCUT2D eigenvalue weighted by molar-refractivity contribution is 0.255. The standard InChI is InChI=1S/C9H12N4O/c1-13(9(12)14)7-5-3-2-4-6(7)8(10)11/h2-5H,1H3,(H3,10,11)(H2,12,14). The highest BCUT2D eigenvalue weighted by Crippen LogP contribution is 2.17. The van der Waals surface area contributed by atoms with Gasteiger partial charge in [0.25, 0.3) is 0 Å². The second-order valence-corrected chi connectivity index (χ2v) is 2.83. The molecule has 0 aliphatic rings. The Hall–Kier alpha value is -2.04. The number of amidine groups is 1. The highest BCUT2D eigenvalue weighted by Gasteiger charge is 2.11. The van der Waals surface area contributed by atoms with E-state index in [1.807, 2.05) is 0 Å². The molecule has 0 unspecified atom stereocenters. The zero-order valence-electron chi connectivity index (χ0n) is 7.82. The first-order valence-corrected chi connectivity index (χ1v) is 4.00. The van der Waals surface area contributed by atoms with Crippen LogP contribution in [0, 0.1) is 5.41 Å². The van der Waals surface area contributed by atoms with Crippen LogP contribution in [0.5, 0.6) is 0 Å². The fraction of sp³-hybridized carbons (Fsp3) is 0.111. The van der Waals surface area contributed by atoms with E-state index in [9.17, 15) is 4.79 Å². The molecule has 0 aromatic heterocycles. The Morgan fingerprint density at radius 1 is 1.36 bits per heavy atom. The summed E-state index contributed by atoms with van der Waals surface area (Å²) < 4.78 is 0. The lowest BCUT2D eigenvalue weighted by Gasteiger charge is -2.17. The normalized spacial score (nSPS) is 9.50. The van der Waals surface area contributed by atoms with Gasteiger partial charge in [0.1, 0.15) is 5.84 Å². The van der Waals surface area contributed by atoms with Crippen molar-refractivity contribution in [3.05, 3.63) is 29.8 Å². The molecule has 0 aliphatic heterocycles. The van der Waals surface area contributed by atoms with Gasteiger partial charge >= 0.3 is 6.03 Å². The second kappa shape index (κ2) is 3.78. The number of carbonyl (C=O) groups is 1. The van der Waals surface area contributed by atoms with Crippen molar-refractivity contribution in [2.45, 2.75) is 0 Å². The minimum absolute atomic E-state index is 0.0892. The molecule has 74 valence electrons. The molecule has 0 aliphatic carbocycles. The molecule has 0 saturated heterocycles. The van der Waals surface area contributed by atoms with Crippen LogP contribution < -0.4 is 16.4 Å². The van der Waals surface area contributed by atoms with Gasteiger partial charge < -0.3 is 11.5 Å². The number of nitrogens with zero attached hydrogens (tertiary/aromatic N) is 1. The first-order chi connectivity index (χ1) is 6.54. The fourth-order valence-electron chi connectivity index (χ4n) is 1.11. The number of hydrogen-bond donors (Lipinski definition) is 3. The molecule has 0 fully saturated rings. The molecule has 5 N–H and O–H groups in total. The highest BCUT2D eigenvalue weighted by molar-refractivity contribution is 6.04. The van der Waals surface area contributed by atoms with Crippen LogP contribution in [0.1, 0.15) is 5.56 Å². The lowest BCUT2D eigenvalue weighted by atomic mass is 10.1. The molecule has 0 atom stereocenters. The maximum Gasteiger partial charge on any atom is 0.319 e. The number of hydrogen-bond acceptors (Lipinski definition) is 2. The Bertz CT molecular complexity index is 375. The van der Waals surface area contributed by atoms with Gasteiger partial charge in [0, 0.05) is 12.6 Å². The predicted molar refractivity (Wildman–Crippen MR) is 55.4 cm³/mol. The molecule has 0 radical (unpaired) electrons. The molecular weight excluding hydrogens is 180 g/mol. The molecule has 0 bridgehead atoms. The summed E-state index contributed by atoms with van der Waals surface area (Å²) in [5.74, 6) is -0.0892. The van der Waals surface area contributed by atoms with Crippen LogP contribution in [0.15, 0.2) is 24.3 Å². The molecule has 0 saturated carbocycles. The number of nitrogens with one attached hydrogen (secondary N) is 1. The molecule has 1 aromatic rings. The monoisotopic (exact) mass is 192 g/mol. The second-order valence-electron chi connectivity index (χ2n) is 2.83. The van der Waals surface area contributed by atoms with E-state index < -0.39 is 6.03 Å². The van der Waals surface area contributed by atoms with Crippen LogP contribution in [0.25, 0.3) is 0 Å². The van der Waals surface area contributed by atoms with Gasteiger partial charge in [0.15, 0.2) is 0 Å². The number of nitrogens with two attached hydrogens (primary N) is 2. The summed E-state index contributed by atoms with van der Waals surface area (Å²) in [7, 11) is 1.53. The summed E-state index contributed by atoms with van der Waals surface area (Å²) in [4.78, 5) is 12.2. The third-order valence-corrected chi connectivity index (χ3v) is 1.89. The maximum atomic E-state index is 10.9. The van der Waals surface area contributed by atoms with E-state index in [0.717, 1.165) is 0 Å². The van der Waals surface area contributed by atoms with E-state index in [4.69, 9.17) is 16.9 Å². The van der Waals surface area contributed by atoms with Gasteiger partial charge in [0.05, 0.1) is 5.69 Å². The average Bonchev–Trinajstić information content (AvgIpc) is 2.16. The van der Waals surface area contributed by atoms with Crippen molar-refractivity contribution in [2.75, 3.05) is 11.9 Å². The van der Waals surface area contributed by atoms with E-state index in [-0.39, 0.29) is 5.84 Å². The van der Waals surface area contributed by atoms with Crippen molar-refractivity contribution < 1.29 is 4.79 Å². The molecular formula is C9H12N4O. The van der Waals surface area contributed by atoms with Gasteiger partial charge in [-0.2, -0.15) is 0 Å². The van der Waals surface area contributed by atoms with Crippen molar-refractivity contribution >= 4 is 17.6 Å². The zero-order chi connectivity index (χ0) is 10.7. The average molecular weight is 192 g/mol. The minimum atomic E-state index is -0.585. The summed E-state index contributed by atoms with van der Waals surface area (Å²) in [5, 5.41) is 7.31. The van der Waals surface area contributed by atoms with Crippen molar-refractivity contribution in [1.29, 1.82) is 5.41 Å². The number of carbonyl (C=O) groups excluding carboxylic acids is 1. The van der Waals surface area contributed by atoms with Crippen LogP contribution in [0.4, 0.5) is 10.5 Å². The van der Waals surface area contributed by atoms with Gasteiger partial charge in [-0.05, 0) is 12.1 Å². The van der Waals surface area contributed by atoms with Crippen LogP contribution >= 0.6 is 0 Å². The van der Waals surface area contributed by atoms with Crippen LogP contribution in [-0.4, -0.2) is 18.9 Å². The Kier molecular flexibility index (Phi) is 2.71. The van der Waals surface area contributed by atoms with E-state index in [0.29, 0.717) is 11.3 Å². The van der Waals surface area contributed by atoms with Gasteiger partial charge in [-0.1, -0.05) is 12.1 Å². The van der Waals surface area contributed by atoms with Gasteiger partial charge in [0.2, 0.25) is 0 Å². The number of benzene rings is 1. The number of amides is 2. The SMILES string of the molecule is CN(C(N)=O)c1ccccc1C(=N)N. The van der Waals surface area contributed by atoms with E-state index in [1.54, 1.807) is 24.3 Å². The summed E-state index contributed by atoms with van der Waals surface area (Å²) >= 11 is 0. The molecule has 0 spiro atoms. The number of urea groups is 1. The van der Waals surface area contributed by atoms with Gasteiger partial charge in [-0.25, -0.2) is 4.79 Å². The zero-order valence-corrected chi connectivity index (χ0v) is 7.82. The predicted octanol–water partition coefficient (Wildman–Crippen LogP) is 0.486. The summed E-state index contributed by atoms with van der Waals surface area (Å²) in [6.45, 7) is 0. The van der Waals surface area contributed by atoms with Crippen LogP contribution in [0.3, 0.4) is 0 Å². The topological polar surface area (TPSA) is 96.2 Å². The Balaban J connectivity index is 3.19. The van der Waals surface area contributed by atoms with Gasteiger partial charge in [-0.15, -0.1) is 0 Å². The Morgan fingerprint density at radius 3 is 2.43 bits per heavy atom. The van der Waals surface area contributed by atoms with E-state index >= 15 is 0 Å². The van der Waals surface area contributed by atoms with Crippen LogP contribution in [0.2, 0.25) is 0 Å². The number of rotatable bonds is 2. The third kappa shape index (κ3) is 1.82. The van der Waals surface area contributed by atoms with Crippen molar-refractivity contribution in [3.8, 4) is 0 Å². The Labute approximate surface area is 81.8 Å². The number of nitrogen functional groups attached to an aromatic ring is 1. The third-order valence-electron chi connectivity index (χ3n) is 1.89. The highest BCUT2D eigenvalue weighted by atomic mass is 16.2. The summed E-state index contributed by atoms with van der Waals surface area (Å²) in [6.07, 6.45) is 0. The number of anilines is 1. The smallest absolute Gasteiger partial charge is 0.319 e. The first kappa shape index (κ1) is 10.0. The molecule has 1 aromatic carbocycles. The molecule has 1 rings (SSSR count). The van der Waals surface area contributed by atoms with E-state index in [2.05, 4.69) is 0 Å². The minimum Gasteiger partial charge on any atom is -0.384 e. The van der Waals surface area contributed by atoms with Crippen molar-refractivity contribution in [3.63, 3.8) is 0 Å². The molecule has 14 heavy (non-hydrogen) atoms. The van der Waals surface area contributed by atoms with Crippen molar-refractivity contribution in [1.82, 2.24) is 0 Å². The molecule has 0 heterocycles. The number of primary amides is 1. The van der Waals surface area contributed by atoms with E-state index in [1.165, 1.54) is 11.9 Å². The van der Waals surface area contributed by atoms with Crippen molar-refractivity contribution in [2.24, 2.45) is 11.5 Å². The maximum absolute atomic E-state index is 10.9. The number of para-hydroxylation sites is 1. The fourth-order valence-corrected chi connectivity index (χ4v) is 1.11. The molecule has 5 heteroatoms. The summed E-state index contributed by atoms with van der Waals surface area (Å²) in [6, 6.07) is 6.26. The van der Waals surface area contributed by atoms with Gasteiger partial charge in [-0.3, -0.25) is 10.3 Å². The first-order valence-electron chi connectivity index (χ1n) is 4.00. The lowest BCUT2D eigenvalue weighted by Crippen LogP contribution is -2.33. The van der Waals surface area contributed by atoms with Crippen LogP contribution in [-0.2, 0) is 0 Å². The summed E-state index contributed by atoms with van der Waals surface area (Å²) in [5.41, 5.74) is 11.5. The largest absolute Gasteiger partial charge is 0.384 e. The quantitative estimate of drug-likeness (QED) is 0.469. The Morgan fingerprint density at radius 2 is 1.93 bits per heavy atom.